The van der Waals surface area contributed by atoms with Crippen molar-refractivity contribution in [3.05, 3.63) is 29.8 Å². The van der Waals surface area contributed by atoms with Crippen molar-refractivity contribution in [1.82, 2.24) is 10.2 Å². The predicted octanol–water partition coefficient (Wildman–Crippen LogP) is 3.08. The number of nitrogens with one attached hydrogen (secondary N) is 1. The number of hydrogen-bond acceptors (Lipinski definition) is 3. The van der Waals surface area contributed by atoms with Crippen LogP contribution >= 0.6 is 12.4 Å². The molecule has 0 spiro atoms. The third kappa shape index (κ3) is 5.31. The Morgan fingerprint density at radius 2 is 1.95 bits per heavy atom. The third-order valence-electron chi connectivity index (χ3n) is 3.83. The van der Waals surface area contributed by atoms with E-state index in [9.17, 15) is 0 Å². The predicted molar refractivity (Wildman–Crippen MR) is 86.8 cm³/mol. The summed E-state index contributed by atoms with van der Waals surface area (Å²) in [6.07, 6.45) is 3.85. The van der Waals surface area contributed by atoms with Crippen LogP contribution < -0.4 is 10.1 Å². The van der Waals surface area contributed by atoms with Gasteiger partial charge >= 0.3 is 0 Å². The summed E-state index contributed by atoms with van der Waals surface area (Å²) in [7, 11) is 2.24. The number of ether oxygens (including phenoxy) is 1. The lowest BCUT2D eigenvalue weighted by molar-refractivity contribution is 0.216. The lowest BCUT2D eigenvalue weighted by Gasteiger charge is -2.26. The minimum Gasteiger partial charge on any atom is -0.494 e. The molecule has 0 saturated carbocycles. The Bertz CT molecular complexity index is 361. The topological polar surface area (TPSA) is 24.5 Å². The van der Waals surface area contributed by atoms with E-state index in [1.165, 1.54) is 31.4 Å². The van der Waals surface area contributed by atoms with Crippen molar-refractivity contribution >= 4 is 12.4 Å². The summed E-state index contributed by atoms with van der Waals surface area (Å²) < 4.78 is 5.48. The van der Waals surface area contributed by atoms with Gasteiger partial charge in [0.1, 0.15) is 5.75 Å². The Hall–Kier alpha value is -0.770. The second-order valence-corrected chi connectivity index (χ2v) is 5.33. The van der Waals surface area contributed by atoms with Crippen LogP contribution in [0.15, 0.2) is 24.3 Å². The van der Waals surface area contributed by atoms with Gasteiger partial charge in [-0.05, 0) is 64.0 Å². The van der Waals surface area contributed by atoms with Crippen LogP contribution in [0.25, 0.3) is 0 Å². The van der Waals surface area contributed by atoms with E-state index in [2.05, 4.69) is 41.5 Å². The van der Waals surface area contributed by atoms with Crippen molar-refractivity contribution in [2.75, 3.05) is 26.7 Å². The van der Waals surface area contributed by atoms with Crippen LogP contribution in [0, 0.1) is 0 Å². The molecule has 1 aromatic carbocycles. The summed E-state index contributed by atoms with van der Waals surface area (Å²) >= 11 is 0. The van der Waals surface area contributed by atoms with Gasteiger partial charge in [0, 0.05) is 12.6 Å². The minimum atomic E-state index is 0. The van der Waals surface area contributed by atoms with Crippen LogP contribution in [0.3, 0.4) is 0 Å². The van der Waals surface area contributed by atoms with Crippen molar-refractivity contribution in [2.24, 2.45) is 0 Å². The van der Waals surface area contributed by atoms with Crippen molar-refractivity contribution in [3.8, 4) is 5.75 Å². The van der Waals surface area contributed by atoms with Gasteiger partial charge < -0.3 is 10.1 Å². The standard InChI is InChI=1S/C16H26N2O.ClH/c1-3-19-16-8-6-14(7-9-16)13-18(2)15-5-4-11-17-12-10-15;/h6-9,15,17H,3-5,10-13H2,1-2H3;1H. The highest BCUT2D eigenvalue weighted by Crippen LogP contribution is 2.17. The van der Waals surface area contributed by atoms with E-state index in [1.807, 2.05) is 6.92 Å². The third-order valence-corrected chi connectivity index (χ3v) is 3.83. The van der Waals surface area contributed by atoms with Gasteiger partial charge in [0.25, 0.3) is 0 Å². The first-order valence-corrected chi connectivity index (χ1v) is 7.42. The maximum Gasteiger partial charge on any atom is 0.119 e. The lowest BCUT2D eigenvalue weighted by Crippen LogP contribution is -2.31. The molecule has 114 valence electrons. The van der Waals surface area contributed by atoms with Gasteiger partial charge in [0.05, 0.1) is 6.61 Å². The van der Waals surface area contributed by atoms with Crippen LogP contribution in [-0.2, 0) is 6.54 Å². The zero-order valence-corrected chi connectivity index (χ0v) is 13.4. The van der Waals surface area contributed by atoms with Crippen LogP contribution in [-0.4, -0.2) is 37.7 Å². The zero-order valence-electron chi connectivity index (χ0n) is 12.6. The summed E-state index contributed by atoms with van der Waals surface area (Å²) in [4.78, 5) is 2.49. The van der Waals surface area contributed by atoms with Crippen LogP contribution in [0.5, 0.6) is 5.75 Å². The summed E-state index contributed by atoms with van der Waals surface area (Å²) in [6, 6.07) is 9.21. The molecule has 1 aliphatic heterocycles. The quantitative estimate of drug-likeness (QED) is 0.904. The van der Waals surface area contributed by atoms with Gasteiger partial charge in [0.15, 0.2) is 0 Å². The molecule has 1 atom stereocenters. The summed E-state index contributed by atoms with van der Waals surface area (Å²) in [5, 5.41) is 3.47. The molecule has 0 radical (unpaired) electrons. The van der Waals surface area contributed by atoms with Crippen molar-refractivity contribution in [2.45, 2.75) is 38.8 Å². The first kappa shape index (κ1) is 17.3. The maximum atomic E-state index is 5.48. The molecular weight excluding hydrogens is 272 g/mol. The molecule has 1 aromatic rings. The molecule has 1 saturated heterocycles. The van der Waals surface area contributed by atoms with Crippen LogP contribution in [0.4, 0.5) is 0 Å². The average Bonchev–Trinajstić information content (AvgIpc) is 2.70. The fourth-order valence-corrected chi connectivity index (χ4v) is 2.72. The SMILES string of the molecule is CCOc1ccc(CN(C)C2CCCNCC2)cc1.Cl. The normalized spacial score (nSPS) is 19.2. The van der Waals surface area contributed by atoms with Gasteiger partial charge in [-0.15, -0.1) is 12.4 Å². The number of hydrogen-bond donors (Lipinski definition) is 1. The molecule has 0 aromatic heterocycles. The molecule has 2 rings (SSSR count). The molecule has 1 N–H and O–H groups in total. The fraction of sp³-hybridized carbons (Fsp3) is 0.625. The number of nitrogens with zero attached hydrogens (tertiary/aromatic N) is 1. The van der Waals surface area contributed by atoms with Gasteiger partial charge in [-0.1, -0.05) is 12.1 Å². The summed E-state index contributed by atoms with van der Waals surface area (Å²) in [5.41, 5.74) is 1.36. The largest absolute Gasteiger partial charge is 0.494 e. The van der Waals surface area contributed by atoms with Crippen molar-refractivity contribution in [3.63, 3.8) is 0 Å². The molecule has 0 amide bonds. The zero-order chi connectivity index (χ0) is 13.5. The highest BCUT2D eigenvalue weighted by molar-refractivity contribution is 5.85. The molecular formula is C16H27ClN2O. The highest BCUT2D eigenvalue weighted by Gasteiger charge is 2.16. The Balaban J connectivity index is 0.00000200. The molecule has 1 aliphatic rings. The second kappa shape index (κ2) is 9.22. The van der Waals surface area contributed by atoms with E-state index in [1.54, 1.807) is 0 Å². The van der Waals surface area contributed by atoms with E-state index >= 15 is 0 Å². The van der Waals surface area contributed by atoms with Crippen molar-refractivity contribution < 1.29 is 4.74 Å². The smallest absolute Gasteiger partial charge is 0.119 e. The van der Waals surface area contributed by atoms with E-state index in [0.717, 1.165) is 25.4 Å². The summed E-state index contributed by atoms with van der Waals surface area (Å²) in [6.45, 7) is 6.10. The van der Waals surface area contributed by atoms with E-state index < -0.39 is 0 Å². The first-order chi connectivity index (χ1) is 9.29. The Kier molecular flexibility index (Phi) is 7.97. The molecule has 0 bridgehead atoms. The van der Waals surface area contributed by atoms with Gasteiger partial charge in [0.2, 0.25) is 0 Å². The van der Waals surface area contributed by atoms with Gasteiger partial charge in [-0.2, -0.15) is 0 Å². The average molecular weight is 299 g/mol. The molecule has 1 heterocycles. The van der Waals surface area contributed by atoms with Crippen molar-refractivity contribution in [1.29, 1.82) is 0 Å². The highest BCUT2D eigenvalue weighted by atomic mass is 35.5. The Morgan fingerprint density at radius 1 is 1.20 bits per heavy atom. The molecule has 1 unspecified atom stereocenters. The summed E-state index contributed by atoms with van der Waals surface area (Å²) in [5.74, 6) is 0.965. The number of halogens is 1. The molecule has 20 heavy (non-hydrogen) atoms. The first-order valence-electron chi connectivity index (χ1n) is 7.42. The van der Waals surface area contributed by atoms with Crippen LogP contribution in [0.1, 0.15) is 31.7 Å². The molecule has 0 aliphatic carbocycles. The minimum absolute atomic E-state index is 0. The lowest BCUT2D eigenvalue weighted by atomic mass is 10.1. The Labute approximate surface area is 129 Å². The van der Waals surface area contributed by atoms with Gasteiger partial charge in [-0.3, -0.25) is 4.90 Å². The fourth-order valence-electron chi connectivity index (χ4n) is 2.72. The number of rotatable bonds is 5. The molecule has 3 nitrogen and oxygen atoms in total. The maximum absolute atomic E-state index is 5.48. The van der Waals surface area contributed by atoms with E-state index in [4.69, 9.17) is 4.74 Å². The Morgan fingerprint density at radius 3 is 2.65 bits per heavy atom. The van der Waals surface area contributed by atoms with E-state index in [0.29, 0.717) is 6.04 Å². The molecule has 4 heteroatoms. The second-order valence-electron chi connectivity index (χ2n) is 5.33. The van der Waals surface area contributed by atoms with E-state index in [-0.39, 0.29) is 12.4 Å². The van der Waals surface area contributed by atoms with Crippen LogP contribution in [0.2, 0.25) is 0 Å². The number of benzene rings is 1. The van der Waals surface area contributed by atoms with Gasteiger partial charge in [-0.25, -0.2) is 0 Å². The monoisotopic (exact) mass is 298 g/mol. The molecule has 1 fully saturated rings.